The molecule has 0 saturated carbocycles. The standard InChI is InChI=1S/C13H17N3O3/c1-15-8-13(18)16(9-12(15)17)11-4-2-10(3-5-11)6-7-19-14/h2-5H,6-9,14H2,1H3. The summed E-state index contributed by atoms with van der Waals surface area (Å²) in [6.45, 7) is 0.674. The Bertz CT molecular complexity index is 473. The summed E-state index contributed by atoms with van der Waals surface area (Å²) in [5.74, 6) is 4.85. The molecule has 0 atom stereocenters. The Labute approximate surface area is 111 Å². The number of amides is 2. The molecular weight excluding hydrogens is 246 g/mol. The van der Waals surface area contributed by atoms with E-state index in [1.165, 1.54) is 9.80 Å². The SMILES string of the molecule is CN1CC(=O)N(c2ccc(CCON)cc2)CC1=O. The van der Waals surface area contributed by atoms with Crippen molar-refractivity contribution >= 4 is 17.5 Å². The van der Waals surface area contributed by atoms with Crippen molar-refractivity contribution in [3.05, 3.63) is 29.8 Å². The molecule has 2 N–H and O–H groups in total. The van der Waals surface area contributed by atoms with Gasteiger partial charge in [-0.2, -0.15) is 0 Å². The third-order valence-corrected chi connectivity index (χ3v) is 3.15. The van der Waals surface area contributed by atoms with Gasteiger partial charge in [0, 0.05) is 12.7 Å². The summed E-state index contributed by atoms with van der Waals surface area (Å²) >= 11 is 0. The lowest BCUT2D eigenvalue weighted by Gasteiger charge is -2.31. The molecule has 1 aliphatic heterocycles. The molecule has 1 aromatic rings. The van der Waals surface area contributed by atoms with E-state index in [2.05, 4.69) is 4.84 Å². The average molecular weight is 263 g/mol. The fourth-order valence-corrected chi connectivity index (χ4v) is 1.98. The van der Waals surface area contributed by atoms with Gasteiger partial charge in [0.15, 0.2) is 0 Å². The normalized spacial score (nSPS) is 16.1. The minimum atomic E-state index is -0.0693. The van der Waals surface area contributed by atoms with E-state index < -0.39 is 0 Å². The fraction of sp³-hybridized carbons (Fsp3) is 0.385. The van der Waals surface area contributed by atoms with E-state index in [4.69, 9.17) is 5.90 Å². The molecular formula is C13H17N3O3. The number of nitrogens with two attached hydrogens (primary N) is 1. The highest BCUT2D eigenvalue weighted by atomic mass is 16.6. The van der Waals surface area contributed by atoms with Crippen molar-refractivity contribution in [1.29, 1.82) is 0 Å². The number of rotatable bonds is 4. The lowest BCUT2D eigenvalue weighted by Crippen LogP contribution is -2.52. The van der Waals surface area contributed by atoms with Gasteiger partial charge in [0.2, 0.25) is 11.8 Å². The smallest absolute Gasteiger partial charge is 0.247 e. The Morgan fingerprint density at radius 1 is 1.16 bits per heavy atom. The monoisotopic (exact) mass is 263 g/mol. The van der Waals surface area contributed by atoms with Crippen LogP contribution in [0.25, 0.3) is 0 Å². The van der Waals surface area contributed by atoms with Gasteiger partial charge in [0.05, 0.1) is 13.2 Å². The number of carbonyl (C=O) groups excluding carboxylic acids is 2. The second-order valence-corrected chi connectivity index (χ2v) is 4.52. The van der Waals surface area contributed by atoms with Crippen LogP contribution in [-0.4, -0.2) is 43.5 Å². The van der Waals surface area contributed by atoms with Crippen molar-refractivity contribution in [2.45, 2.75) is 6.42 Å². The fourth-order valence-electron chi connectivity index (χ4n) is 1.98. The molecule has 0 spiro atoms. The molecule has 1 aliphatic rings. The number of benzene rings is 1. The zero-order valence-electron chi connectivity index (χ0n) is 10.8. The molecule has 102 valence electrons. The first-order chi connectivity index (χ1) is 9.11. The number of nitrogens with zero attached hydrogens (tertiary/aromatic N) is 2. The van der Waals surface area contributed by atoms with Gasteiger partial charge >= 0.3 is 0 Å². The minimum absolute atomic E-state index is 0.0554. The van der Waals surface area contributed by atoms with Gasteiger partial charge in [-0.1, -0.05) is 12.1 Å². The van der Waals surface area contributed by atoms with E-state index in [0.29, 0.717) is 13.0 Å². The van der Waals surface area contributed by atoms with Crippen LogP contribution in [0, 0.1) is 0 Å². The van der Waals surface area contributed by atoms with Crippen molar-refractivity contribution in [2.24, 2.45) is 5.90 Å². The predicted molar refractivity (Wildman–Crippen MR) is 70.3 cm³/mol. The molecule has 1 heterocycles. The summed E-state index contributed by atoms with van der Waals surface area (Å²) in [5, 5.41) is 0. The highest BCUT2D eigenvalue weighted by Crippen LogP contribution is 2.18. The van der Waals surface area contributed by atoms with E-state index in [-0.39, 0.29) is 24.9 Å². The van der Waals surface area contributed by atoms with Crippen LogP contribution < -0.4 is 10.8 Å². The average Bonchev–Trinajstić information content (AvgIpc) is 2.41. The molecule has 0 aliphatic carbocycles. The first-order valence-electron chi connectivity index (χ1n) is 6.07. The number of likely N-dealkylation sites (N-methyl/N-ethyl adjacent to an activating group) is 1. The molecule has 2 rings (SSSR count). The maximum absolute atomic E-state index is 11.9. The molecule has 1 aromatic carbocycles. The molecule has 6 nitrogen and oxygen atoms in total. The Morgan fingerprint density at radius 3 is 2.47 bits per heavy atom. The minimum Gasteiger partial charge on any atom is -0.335 e. The number of anilines is 1. The van der Waals surface area contributed by atoms with E-state index >= 15 is 0 Å². The summed E-state index contributed by atoms with van der Waals surface area (Å²) in [5.41, 5.74) is 1.81. The van der Waals surface area contributed by atoms with Gasteiger partial charge in [-0.25, -0.2) is 5.90 Å². The van der Waals surface area contributed by atoms with Gasteiger partial charge < -0.3 is 14.6 Å². The van der Waals surface area contributed by atoms with Gasteiger partial charge in [0.1, 0.15) is 6.54 Å². The second kappa shape index (κ2) is 5.81. The van der Waals surface area contributed by atoms with E-state index in [9.17, 15) is 9.59 Å². The lowest BCUT2D eigenvalue weighted by atomic mass is 10.1. The Hall–Kier alpha value is -1.92. The largest absolute Gasteiger partial charge is 0.335 e. The molecule has 0 aromatic heterocycles. The zero-order chi connectivity index (χ0) is 13.8. The topological polar surface area (TPSA) is 75.9 Å². The molecule has 0 bridgehead atoms. The van der Waals surface area contributed by atoms with Crippen LogP contribution in [0.3, 0.4) is 0 Å². The van der Waals surface area contributed by atoms with Crippen molar-refractivity contribution in [1.82, 2.24) is 4.90 Å². The van der Waals surface area contributed by atoms with Crippen molar-refractivity contribution < 1.29 is 14.4 Å². The number of hydrogen-bond acceptors (Lipinski definition) is 4. The summed E-state index contributed by atoms with van der Waals surface area (Å²) in [4.78, 5) is 31.0. The van der Waals surface area contributed by atoms with Crippen molar-refractivity contribution in [3.8, 4) is 0 Å². The third-order valence-electron chi connectivity index (χ3n) is 3.15. The zero-order valence-corrected chi connectivity index (χ0v) is 10.8. The molecule has 0 unspecified atom stereocenters. The van der Waals surface area contributed by atoms with Crippen LogP contribution in [0.2, 0.25) is 0 Å². The van der Waals surface area contributed by atoms with Crippen LogP contribution in [0.1, 0.15) is 5.56 Å². The predicted octanol–water partition coefficient (Wildman–Crippen LogP) is -0.0756. The van der Waals surface area contributed by atoms with Crippen LogP contribution in [0.5, 0.6) is 0 Å². The highest BCUT2D eigenvalue weighted by Gasteiger charge is 2.28. The van der Waals surface area contributed by atoms with Crippen LogP contribution in [-0.2, 0) is 20.8 Å². The first-order valence-corrected chi connectivity index (χ1v) is 6.07. The summed E-state index contributed by atoms with van der Waals surface area (Å²) < 4.78 is 0. The highest BCUT2D eigenvalue weighted by molar-refractivity contribution is 6.04. The van der Waals surface area contributed by atoms with Crippen LogP contribution in [0.4, 0.5) is 5.69 Å². The summed E-state index contributed by atoms with van der Waals surface area (Å²) in [6, 6.07) is 7.49. The third kappa shape index (κ3) is 3.10. The van der Waals surface area contributed by atoms with Crippen LogP contribution >= 0.6 is 0 Å². The Kier molecular flexibility index (Phi) is 4.13. The molecule has 1 saturated heterocycles. The van der Waals surface area contributed by atoms with Gasteiger partial charge in [-0.15, -0.1) is 0 Å². The molecule has 19 heavy (non-hydrogen) atoms. The Morgan fingerprint density at radius 2 is 1.84 bits per heavy atom. The molecule has 1 fully saturated rings. The van der Waals surface area contributed by atoms with Crippen LogP contribution in [0.15, 0.2) is 24.3 Å². The number of piperazine rings is 1. The molecule has 2 amide bonds. The van der Waals surface area contributed by atoms with Crippen molar-refractivity contribution in [3.63, 3.8) is 0 Å². The van der Waals surface area contributed by atoms with Gasteiger partial charge in [0.25, 0.3) is 0 Å². The first kappa shape index (κ1) is 13.5. The second-order valence-electron chi connectivity index (χ2n) is 4.52. The summed E-state index contributed by atoms with van der Waals surface area (Å²) in [7, 11) is 1.63. The van der Waals surface area contributed by atoms with E-state index in [0.717, 1.165) is 11.3 Å². The number of carbonyl (C=O) groups is 2. The number of hydrogen-bond donors (Lipinski definition) is 1. The van der Waals surface area contributed by atoms with Gasteiger partial charge in [-0.05, 0) is 24.1 Å². The molecule has 6 heteroatoms. The van der Waals surface area contributed by atoms with Gasteiger partial charge in [-0.3, -0.25) is 9.59 Å². The molecule has 0 radical (unpaired) electrons. The van der Waals surface area contributed by atoms with E-state index in [1.807, 2.05) is 24.3 Å². The maximum atomic E-state index is 11.9. The maximum Gasteiger partial charge on any atom is 0.247 e. The van der Waals surface area contributed by atoms with E-state index in [1.54, 1.807) is 7.05 Å². The summed E-state index contributed by atoms with van der Waals surface area (Å²) in [6.07, 6.45) is 0.715. The quantitative estimate of drug-likeness (QED) is 0.771. The lowest BCUT2D eigenvalue weighted by molar-refractivity contribution is -0.136. The Balaban J connectivity index is 2.09. The van der Waals surface area contributed by atoms with Crippen molar-refractivity contribution in [2.75, 3.05) is 31.6 Å².